The molecule has 0 aromatic heterocycles. The van der Waals surface area contributed by atoms with Crippen molar-refractivity contribution in [2.75, 3.05) is 59.5 Å². The van der Waals surface area contributed by atoms with Gasteiger partial charge in [-0.05, 0) is 0 Å². The van der Waals surface area contributed by atoms with Crippen LogP contribution < -0.4 is 0 Å². The predicted molar refractivity (Wildman–Crippen MR) is 329 cm³/mol. The van der Waals surface area contributed by atoms with E-state index in [4.69, 9.17) is 123 Å². The summed E-state index contributed by atoms with van der Waals surface area (Å²) in [6, 6.07) is 0. The zero-order valence-corrected chi connectivity index (χ0v) is 61.2. The molecule has 0 amide bonds. The highest BCUT2D eigenvalue weighted by Gasteiger charge is 2.71. The van der Waals surface area contributed by atoms with Gasteiger partial charge in [0.25, 0.3) is 0 Å². The number of esters is 17. The van der Waals surface area contributed by atoms with Crippen LogP contribution in [0.25, 0.3) is 0 Å². The van der Waals surface area contributed by atoms with Crippen LogP contribution in [0.1, 0.15) is 118 Å². The average molecular weight is 1540 g/mol. The van der Waals surface area contributed by atoms with Crippen LogP contribution in [0.2, 0.25) is 0 Å². The molecular weight excluding hydrogens is 1460 g/mol. The van der Waals surface area contributed by atoms with Crippen molar-refractivity contribution in [1.29, 1.82) is 0 Å². The van der Waals surface area contributed by atoms with E-state index >= 15 is 0 Å². The van der Waals surface area contributed by atoms with Crippen molar-refractivity contribution in [3.8, 4) is 0 Å². The molecule has 0 N–H and O–H groups in total. The number of carbonyl (C=O) groups excluding carboxylic acids is 17. The van der Waals surface area contributed by atoms with E-state index in [0.717, 1.165) is 118 Å². The van der Waals surface area contributed by atoms with Gasteiger partial charge in [-0.1, -0.05) is 0 Å². The highest BCUT2D eigenvalue weighted by Crippen LogP contribution is 2.48. The molecule has 5 rings (SSSR count). The first-order valence-electron chi connectivity index (χ1n) is 32.5. The standard InChI is InChI=1S/C64H86O43/c1-27(65)82-18-44-49(91-33(7)71)54(96-38(12)76)55(97-39(13)77)60(102-44)107-64(59(101-43(17)81)53(95-37(11)75)48(106-64)22-86-31(5)69)26-90-63(58(100-42(16)80)52(94-36(10)74)47(105-63)21-85-30(4)68)25-89-62(57(99-41(15)79)51(93-35(9)73)46(104-62)20-84-29(3)67)24-88-61(23-87-32(6)70)56(98-40(14)78)50(92-34(8)72)45(103-61)19-83-28(2)66/h44-60H,18-26H2,1-17H3/t44-,45-,46-,47-,48-,49-,50-,51-,52-,53-,54+,55-,56+,57+,58+,59+,60-,61-,62-,63-,64+/m1/s1. The molecule has 0 radical (unpaired) electrons. The summed E-state index contributed by atoms with van der Waals surface area (Å²) < 4.78 is 154. The van der Waals surface area contributed by atoms with Crippen LogP contribution in [0.15, 0.2) is 0 Å². The van der Waals surface area contributed by atoms with E-state index < -0.39 is 288 Å². The average Bonchev–Trinajstić information content (AvgIpc) is 1.59. The molecule has 0 bridgehead atoms. The summed E-state index contributed by atoms with van der Waals surface area (Å²) >= 11 is 0. The van der Waals surface area contributed by atoms with Crippen molar-refractivity contribution in [2.24, 2.45) is 0 Å². The van der Waals surface area contributed by atoms with E-state index in [-0.39, 0.29) is 0 Å². The molecule has 0 spiro atoms. The van der Waals surface area contributed by atoms with Gasteiger partial charge in [0.1, 0.15) is 90.0 Å². The lowest BCUT2D eigenvalue weighted by Gasteiger charge is -2.47. The number of carbonyl (C=O) groups is 17. The maximum Gasteiger partial charge on any atom is 0.303 e. The number of rotatable bonds is 34. The van der Waals surface area contributed by atoms with Crippen molar-refractivity contribution in [2.45, 2.75) is 245 Å². The summed E-state index contributed by atoms with van der Waals surface area (Å²) in [5.74, 6) is -32.0. The number of hydrogen-bond acceptors (Lipinski definition) is 43. The lowest BCUT2D eigenvalue weighted by atomic mass is 9.97. The molecule has 43 nitrogen and oxygen atoms in total. The Hall–Kier alpha value is -9.37. The Labute approximate surface area is 608 Å². The van der Waals surface area contributed by atoms with E-state index in [1.807, 2.05) is 0 Å². The van der Waals surface area contributed by atoms with Crippen LogP contribution in [0.3, 0.4) is 0 Å². The molecule has 43 heteroatoms. The molecule has 0 aromatic rings. The molecule has 0 aliphatic carbocycles. The van der Waals surface area contributed by atoms with Crippen LogP contribution in [-0.4, -0.2) is 288 Å². The summed E-state index contributed by atoms with van der Waals surface area (Å²) in [7, 11) is 0. The van der Waals surface area contributed by atoms with Gasteiger partial charge in [0.2, 0.25) is 29.4 Å². The highest BCUT2D eigenvalue weighted by atomic mass is 16.9. The Bertz CT molecular complexity index is 3310. The van der Waals surface area contributed by atoms with Gasteiger partial charge < -0.3 is 123 Å². The van der Waals surface area contributed by atoms with E-state index in [9.17, 15) is 81.5 Å². The topological polar surface area (TPSA) is 530 Å². The second-order valence-corrected chi connectivity index (χ2v) is 24.3. The Morgan fingerprint density at radius 2 is 0.439 bits per heavy atom. The van der Waals surface area contributed by atoms with Crippen molar-refractivity contribution in [3.05, 3.63) is 0 Å². The van der Waals surface area contributed by atoms with Gasteiger partial charge in [-0.25, -0.2) is 0 Å². The third-order valence-electron chi connectivity index (χ3n) is 15.3. The maximum atomic E-state index is 13.8. The zero-order valence-electron chi connectivity index (χ0n) is 61.2. The van der Waals surface area contributed by atoms with E-state index in [0.29, 0.717) is 0 Å². The minimum atomic E-state index is -3.31. The van der Waals surface area contributed by atoms with Crippen LogP contribution in [-0.2, 0) is 205 Å². The molecular formula is C64H86O43. The molecule has 0 unspecified atom stereocenters. The number of ether oxygens (including phenoxy) is 26. The van der Waals surface area contributed by atoms with Gasteiger partial charge >= 0.3 is 101 Å². The lowest BCUT2D eigenvalue weighted by molar-refractivity contribution is -0.406. The Morgan fingerprint density at radius 3 is 0.710 bits per heavy atom. The second kappa shape index (κ2) is 38.4. The molecule has 0 aromatic carbocycles. The first kappa shape index (κ1) is 88.3. The molecule has 21 atom stereocenters. The fourth-order valence-corrected chi connectivity index (χ4v) is 11.7. The van der Waals surface area contributed by atoms with Crippen molar-refractivity contribution >= 4 is 101 Å². The SMILES string of the molecule is CC(=O)OC[C@H]1O[C@@](COC(C)=O)(OC[C@@]2(OC[C@@]3(OC[C@@]4(O[C@H]5O[C@H](COC(C)=O)[C@@H](OC(C)=O)[C@H](OC(C)=O)[C@H]5OC(C)=O)O[C@H](COC(C)=O)[C@@H](OC(C)=O)[C@@H]4OC(C)=O)O[C@H](COC(C)=O)[C@@H](OC(C)=O)[C@@H]3OC(C)=O)O[C@H](COC(C)=O)[C@@H](OC(C)=O)[C@@H]2OC(C)=O)[C@@H](OC(C)=O)[C@@H]1OC(C)=O. The fraction of sp³-hybridized carbons (Fsp3) is 0.734. The van der Waals surface area contributed by atoms with Crippen molar-refractivity contribution in [1.82, 2.24) is 0 Å². The van der Waals surface area contributed by atoms with E-state index in [1.165, 1.54) is 0 Å². The predicted octanol–water partition coefficient (Wildman–Crippen LogP) is -2.21. The summed E-state index contributed by atoms with van der Waals surface area (Å²) in [6.07, 6.45) is -35.7. The molecule has 5 saturated heterocycles. The minimum Gasteiger partial charge on any atom is -0.463 e. The Morgan fingerprint density at radius 1 is 0.224 bits per heavy atom. The van der Waals surface area contributed by atoms with Gasteiger partial charge in [0.05, 0.1) is 0 Å². The third kappa shape index (κ3) is 24.6. The quantitative estimate of drug-likeness (QED) is 0.0487. The molecule has 107 heavy (non-hydrogen) atoms. The Balaban J connectivity index is 1.99. The molecule has 5 aliphatic rings. The van der Waals surface area contributed by atoms with Crippen LogP contribution >= 0.6 is 0 Å². The zero-order chi connectivity index (χ0) is 80.4. The minimum absolute atomic E-state index is 0.794. The lowest BCUT2D eigenvalue weighted by Crippen LogP contribution is -2.66. The monoisotopic (exact) mass is 1540 g/mol. The van der Waals surface area contributed by atoms with Crippen molar-refractivity contribution < 1.29 is 205 Å². The first-order valence-corrected chi connectivity index (χ1v) is 32.5. The molecule has 5 fully saturated rings. The molecule has 600 valence electrons. The van der Waals surface area contributed by atoms with Gasteiger partial charge in [0, 0.05) is 118 Å². The van der Waals surface area contributed by atoms with Crippen molar-refractivity contribution in [3.63, 3.8) is 0 Å². The summed E-state index contributed by atoms with van der Waals surface area (Å²) in [5.41, 5.74) is 0. The van der Waals surface area contributed by atoms with Crippen LogP contribution in [0, 0.1) is 0 Å². The smallest absolute Gasteiger partial charge is 0.303 e. The van der Waals surface area contributed by atoms with Gasteiger partial charge in [0.15, 0.2) is 67.1 Å². The largest absolute Gasteiger partial charge is 0.463 e. The second-order valence-electron chi connectivity index (χ2n) is 24.3. The normalized spacial score (nSPS) is 31.8. The summed E-state index contributed by atoms with van der Waals surface area (Å²) in [6.45, 7) is 4.23. The molecule has 5 aliphatic heterocycles. The van der Waals surface area contributed by atoms with Crippen LogP contribution in [0.5, 0.6) is 0 Å². The maximum absolute atomic E-state index is 13.8. The molecule has 0 saturated carbocycles. The van der Waals surface area contributed by atoms with Gasteiger partial charge in [-0.2, -0.15) is 0 Å². The third-order valence-corrected chi connectivity index (χ3v) is 15.3. The highest BCUT2D eigenvalue weighted by molar-refractivity contribution is 5.72. The molecule has 5 heterocycles. The van der Waals surface area contributed by atoms with Gasteiger partial charge in [-0.15, -0.1) is 0 Å². The fourth-order valence-electron chi connectivity index (χ4n) is 11.7. The van der Waals surface area contributed by atoms with E-state index in [1.54, 1.807) is 0 Å². The Kier molecular flexibility index (Phi) is 31.7. The number of hydrogen-bond donors (Lipinski definition) is 0. The summed E-state index contributed by atoms with van der Waals surface area (Å²) in [5, 5.41) is 0. The van der Waals surface area contributed by atoms with Gasteiger partial charge in [-0.3, -0.25) is 81.5 Å². The first-order chi connectivity index (χ1) is 49.9. The van der Waals surface area contributed by atoms with Crippen LogP contribution in [0.4, 0.5) is 0 Å². The summed E-state index contributed by atoms with van der Waals surface area (Å²) in [4.78, 5) is 223. The van der Waals surface area contributed by atoms with E-state index in [2.05, 4.69) is 0 Å².